The van der Waals surface area contributed by atoms with Crippen molar-refractivity contribution in [3.63, 3.8) is 0 Å². The molecule has 0 spiro atoms. The molecule has 1 rings (SSSR count). The van der Waals surface area contributed by atoms with Gasteiger partial charge >= 0.3 is 5.97 Å². The molecule has 0 saturated heterocycles. The quantitative estimate of drug-likeness (QED) is 0.712. The van der Waals surface area contributed by atoms with Crippen LogP contribution >= 0.6 is 0 Å². The predicted octanol–water partition coefficient (Wildman–Crippen LogP) is 1.65. The minimum Gasteiger partial charge on any atom is -0.481 e. The summed E-state index contributed by atoms with van der Waals surface area (Å²) in [5.41, 5.74) is 0.302. The number of rotatable bonds is 8. The Balaban J connectivity index is 2.55. The van der Waals surface area contributed by atoms with Gasteiger partial charge in [-0.15, -0.1) is 0 Å². The molecule has 0 heterocycles. The van der Waals surface area contributed by atoms with Crippen LogP contribution in [-0.4, -0.2) is 43.9 Å². The number of amides is 1. The van der Waals surface area contributed by atoms with Crippen molar-refractivity contribution in [1.82, 2.24) is 0 Å². The van der Waals surface area contributed by atoms with Crippen LogP contribution in [0.3, 0.4) is 0 Å². The number of hydrogen-bond donors (Lipinski definition) is 2. The number of ether oxygens (including phenoxy) is 2. The second kappa shape index (κ2) is 7.75. The molecule has 0 bridgehead atoms. The number of carbonyl (C=O) groups excluding carboxylic acids is 1. The zero-order valence-electron chi connectivity index (χ0n) is 12.5. The Morgan fingerprint density at radius 1 is 1.19 bits per heavy atom. The zero-order valence-corrected chi connectivity index (χ0v) is 12.5. The van der Waals surface area contributed by atoms with Crippen molar-refractivity contribution in [3.05, 3.63) is 29.8 Å². The summed E-state index contributed by atoms with van der Waals surface area (Å²) in [4.78, 5) is 22.8. The first kappa shape index (κ1) is 17.1. The minimum atomic E-state index is -0.966. The minimum absolute atomic E-state index is 0.0499. The highest BCUT2D eigenvalue weighted by atomic mass is 16.5. The lowest BCUT2D eigenvalue weighted by molar-refractivity contribution is -0.142. The van der Waals surface area contributed by atoms with Crippen molar-refractivity contribution in [2.24, 2.45) is 0 Å². The summed E-state index contributed by atoms with van der Waals surface area (Å²) < 4.78 is 9.90. The summed E-state index contributed by atoms with van der Waals surface area (Å²) in [5.74, 6) is -1.16. The molecule has 0 aliphatic carbocycles. The number of nitrogens with one attached hydrogen (secondary N) is 1. The number of benzene rings is 1. The Hall–Kier alpha value is -1.92. The predicted molar refractivity (Wildman–Crippen MR) is 78.4 cm³/mol. The summed E-state index contributed by atoms with van der Waals surface area (Å²) in [5, 5.41) is 11.8. The average molecular weight is 295 g/mol. The van der Waals surface area contributed by atoms with Gasteiger partial charge < -0.3 is 19.9 Å². The van der Waals surface area contributed by atoms with Gasteiger partial charge in [-0.25, -0.2) is 0 Å². The van der Waals surface area contributed by atoms with Gasteiger partial charge in [0.15, 0.2) is 0 Å². The third-order valence-corrected chi connectivity index (χ3v) is 3.09. The molecule has 21 heavy (non-hydrogen) atoms. The van der Waals surface area contributed by atoms with Gasteiger partial charge in [0.2, 0.25) is 5.91 Å². The van der Waals surface area contributed by atoms with E-state index in [0.29, 0.717) is 24.5 Å². The summed E-state index contributed by atoms with van der Waals surface area (Å²) >= 11 is 0. The van der Waals surface area contributed by atoms with Crippen molar-refractivity contribution in [2.75, 3.05) is 32.2 Å². The topological polar surface area (TPSA) is 84.9 Å². The maximum absolute atomic E-state index is 11.6. The molecule has 0 saturated carbocycles. The number of hydrogen-bond acceptors (Lipinski definition) is 4. The molecule has 2 N–H and O–H groups in total. The highest BCUT2D eigenvalue weighted by Gasteiger charge is 2.29. The highest BCUT2D eigenvalue weighted by Crippen LogP contribution is 2.24. The zero-order chi connectivity index (χ0) is 15.9. The van der Waals surface area contributed by atoms with Gasteiger partial charge in [-0.1, -0.05) is 12.1 Å². The molecule has 0 atom stereocenters. The van der Waals surface area contributed by atoms with Crippen LogP contribution in [0.25, 0.3) is 0 Å². The van der Waals surface area contributed by atoms with Crippen LogP contribution in [0.2, 0.25) is 0 Å². The Labute approximate surface area is 124 Å². The molecular weight excluding hydrogens is 274 g/mol. The van der Waals surface area contributed by atoms with Crippen LogP contribution in [0.1, 0.15) is 19.4 Å². The van der Waals surface area contributed by atoms with E-state index >= 15 is 0 Å². The third-order valence-electron chi connectivity index (χ3n) is 3.09. The summed E-state index contributed by atoms with van der Waals surface area (Å²) in [7, 11) is 1.56. The van der Waals surface area contributed by atoms with E-state index in [1.165, 1.54) is 0 Å². The third kappa shape index (κ3) is 5.17. The molecule has 116 valence electrons. The normalized spacial score (nSPS) is 11.2. The standard InChI is InChI=1S/C15H21NO5/c1-15(2,14(18)19)11-4-6-12(7-5-11)16-13(17)10-21-9-8-20-3/h4-7H,8-10H2,1-3H3,(H,16,17)(H,18,19). The van der Waals surface area contributed by atoms with Gasteiger partial charge in [0.25, 0.3) is 0 Å². The number of anilines is 1. The lowest BCUT2D eigenvalue weighted by Crippen LogP contribution is -2.28. The van der Waals surface area contributed by atoms with E-state index in [0.717, 1.165) is 0 Å². The van der Waals surface area contributed by atoms with Gasteiger partial charge in [0.1, 0.15) is 6.61 Å². The first-order valence-corrected chi connectivity index (χ1v) is 6.58. The SMILES string of the molecule is COCCOCC(=O)Nc1ccc(C(C)(C)C(=O)O)cc1. The number of carboxylic acid groups (broad SMARTS) is 1. The van der Waals surface area contributed by atoms with Crippen LogP contribution in [0.4, 0.5) is 5.69 Å². The smallest absolute Gasteiger partial charge is 0.313 e. The van der Waals surface area contributed by atoms with E-state index in [2.05, 4.69) is 5.32 Å². The molecule has 0 aliphatic heterocycles. The largest absolute Gasteiger partial charge is 0.481 e. The fourth-order valence-corrected chi connectivity index (χ4v) is 1.60. The Morgan fingerprint density at radius 2 is 1.81 bits per heavy atom. The Kier molecular flexibility index (Phi) is 6.33. The van der Waals surface area contributed by atoms with Gasteiger partial charge in [-0.3, -0.25) is 9.59 Å². The van der Waals surface area contributed by atoms with Crippen molar-refractivity contribution in [1.29, 1.82) is 0 Å². The van der Waals surface area contributed by atoms with Gasteiger partial charge in [-0.2, -0.15) is 0 Å². The van der Waals surface area contributed by atoms with Crippen LogP contribution in [0, 0.1) is 0 Å². The Bertz CT molecular complexity index is 481. The fourth-order valence-electron chi connectivity index (χ4n) is 1.60. The molecule has 0 radical (unpaired) electrons. The van der Waals surface area contributed by atoms with E-state index in [1.807, 2.05) is 0 Å². The first-order valence-electron chi connectivity index (χ1n) is 6.58. The number of carboxylic acids is 1. The fraction of sp³-hybridized carbons (Fsp3) is 0.467. The summed E-state index contributed by atoms with van der Waals surface area (Å²) in [6.45, 7) is 4.01. The average Bonchev–Trinajstić information content (AvgIpc) is 2.44. The monoisotopic (exact) mass is 295 g/mol. The first-order chi connectivity index (χ1) is 9.87. The molecule has 0 aromatic heterocycles. The summed E-state index contributed by atoms with van der Waals surface area (Å²) in [6.07, 6.45) is 0. The molecule has 6 heteroatoms. The lowest BCUT2D eigenvalue weighted by atomic mass is 9.85. The van der Waals surface area contributed by atoms with E-state index in [1.54, 1.807) is 45.2 Å². The van der Waals surface area contributed by atoms with Gasteiger partial charge in [0.05, 0.1) is 18.6 Å². The molecule has 1 amide bonds. The Morgan fingerprint density at radius 3 is 2.33 bits per heavy atom. The number of aliphatic carboxylic acids is 1. The van der Waals surface area contributed by atoms with Crippen molar-refractivity contribution < 1.29 is 24.2 Å². The highest BCUT2D eigenvalue weighted by molar-refractivity contribution is 5.91. The van der Waals surface area contributed by atoms with Crippen molar-refractivity contribution in [2.45, 2.75) is 19.3 Å². The molecular formula is C15H21NO5. The number of methoxy groups -OCH3 is 1. The lowest BCUT2D eigenvalue weighted by Gasteiger charge is -2.19. The van der Waals surface area contributed by atoms with Crippen molar-refractivity contribution >= 4 is 17.6 Å². The van der Waals surface area contributed by atoms with E-state index in [9.17, 15) is 9.59 Å². The van der Waals surface area contributed by atoms with Crippen LogP contribution < -0.4 is 5.32 Å². The van der Waals surface area contributed by atoms with E-state index in [-0.39, 0.29) is 12.5 Å². The van der Waals surface area contributed by atoms with Crippen molar-refractivity contribution in [3.8, 4) is 0 Å². The molecule has 0 aliphatic rings. The molecule has 0 fully saturated rings. The van der Waals surface area contributed by atoms with Crippen LogP contribution in [-0.2, 0) is 24.5 Å². The van der Waals surface area contributed by atoms with Crippen LogP contribution in [0.5, 0.6) is 0 Å². The second-order valence-corrected chi connectivity index (χ2v) is 5.10. The molecule has 6 nitrogen and oxygen atoms in total. The van der Waals surface area contributed by atoms with Gasteiger partial charge in [-0.05, 0) is 31.5 Å². The maximum Gasteiger partial charge on any atom is 0.313 e. The second-order valence-electron chi connectivity index (χ2n) is 5.10. The molecule has 0 unspecified atom stereocenters. The van der Waals surface area contributed by atoms with E-state index < -0.39 is 11.4 Å². The number of carbonyl (C=O) groups is 2. The molecule has 1 aromatic rings. The summed E-state index contributed by atoms with van der Waals surface area (Å²) in [6, 6.07) is 6.73. The van der Waals surface area contributed by atoms with Crippen LogP contribution in [0.15, 0.2) is 24.3 Å². The molecule has 1 aromatic carbocycles. The maximum atomic E-state index is 11.6. The van der Waals surface area contributed by atoms with Gasteiger partial charge in [0, 0.05) is 12.8 Å². The van der Waals surface area contributed by atoms with E-state index in [4.69, 9.17) is 14.6 Å².